The maximum atomic E-state index is 12.4. The summed E-state index contributed by atoms with van der Waals surface area (Å²) in [6.45, 7) is 0.970. The third kappa shape index (κ3) is 4.88. The van der Waals surface area contributed by atoms with Crippen molar-refractivity contribution in [3.8, 4) is 0 Å². The Labute approximate surface area is 184 Å². The van der Waals surface area contributed by atoms with Gasteiger partial charge in [-0.2, -0.15) is 0 Å². The first-order chi connectivity index (χ1) is 15.0. The zero-order valence-electron chi connectivity index (χ0n) is 16.9. The summed E-state index contributed by atoms with van der Waals surface area (Å²) >= 11 is 5.89. The van der Waals surface area contributed by atoms with Crippen LogP contribution in [0.1, 0.15) is 12.0 Å². The van der Waals surface area contributed by atoms with Gasteiger partial charge in [-0.3, -0.25) is 14.4 Å². The molecule has 3 amide bonds. The summed E-state index contributed by atoms with van der Waals surface area (Å²) in [7, 11) is 0. The lowest BCUT2D eigenvalue weighted by Crippen LogP contribution is -2.38. The third-order valence-corrected chi connectivity index (χ3v) is 5.66. The van der Waals surface area contributed by atoms with Gasteiger partial charge in [0.1, 0.15) is 0 Å². The minimum Gasteiger partial charge on any atom is -0.361 e. The number of aromatic amines is 1. The minimum atomic E-state index is -0.412. The van der Waals surface area contributed by atoms with Gasteiger partial charge in [-0.15, -0.1) is 0 Å². The summed E-state index contributed by atoms with van der Waals surface area (Å²) in [5.74, 6) is -0.792. The summed E-state index contributed by atoms with van der Waals surface area (Å²) < 4.78 is 0. The molecule has 4 rings (SSSR count). The number of fused-ring (bicyclic) bond motifs is 1. The molecule has 2 aromatic carbocycles. The summed E-state index contributed by atoms with van der Waals surface area (Å²) in [5.41, 5.74) is 2.66. The smallest absolute Gasteiger partial charge is 0.227 e. The number of nitrogens with zero attached hydrogens (tertiary/aromatic N) is 1. The van der Waals surface area contributed by atoms with Gasteiger partial charge in [0.25, 0.3) is 0 Å². The van der Waals surface area contributed by atoms with Crippen LogP contribution in [0.5, 0.6) is 0 Å². The fourth-order valence-electron chi connectivity index (χ4n) is 3.80. The Balaban J connectivity index is 1.21. The fourth-order valence-corrected chi connectivity index (χ4v) is 3.93. The van der Waals surface area contributed by atoms with E-state index in [2.05, 4.69) is 15.6 Å². The van der Waals surface area contributed by atoms with Crippen LogP contribution in [0.15, 0.2) is 54.7 Å². The highest BCUT2D eigenvalue weighted by Crippen LogP contribution is 2.26. The molecule has 7 nitrogen and oxygen atoms in total. The van der Waals surface area contributed by atoms with Crippen LogP contribution in [-0.2, 0) is 20.8 Å². The Morgan fingerprint density at radius 1 is 1.06 bits per heavy atom. The maximum absolute atomic E-state index is 12.4. The third-order valence-electron chi connectivity index (χ3n) is 5.41. The van der Waals surface area contributed by atoms with E-state index < -0.39 is 5.92 Å². The zero-order valence-corrected chi connectivity index (χ0v) is 17.6. The van der Waals surface area contributed by atoms with E-state index in [1.165, 1.54) is 0 Å². The molecule has 1 fully saturated rings. The number of nitrogens with one attached hydrogen (secondary N) is 3. The molecule has 0 unspecified atom stereocenters. The Hall–Kier alpha value is -3.32. The number of benzene rings is 2. The van der Waals surface area contributed by atoms with Crippen molar-refractivity contribution in [2.45, 2.75) is 12.8 Å². The van der Waals surface area contributed by atoms with Crippen molar-refractivity contribution >= 4 is 45.9 Å². The van der Waals surface area contributed by atoms with E-state index in [1.54, 1.807) is 29.2 Å². The Morgan fingerprint density at radius 2 is 1.81 bits per heavy atom. The lowest BCUT2D eigenvalue weighted by molar-refractivity contribution is -0.126. The van der Waals surface area contributed by atoms with Crippen LogP contribution < -0.4 is 15.5 Å². The molecule has 0 radical (unpaired) electrons. The van der Waals surface area contributed by atoms with E-state index >= 15 is 0 Å². The molecule has 1 atom stereocenters. The molecule has 0 bridgehead atoms. The fraction of sp³-hybridized carbons (Fsp3) is 0.261. The van der Waals surface area contributed by atoms with Crippen molar-refractivity contribution in [1.82, 2.24) is 15.6 Å². The predicted molar refractivity (Wildman–Crippen MR) is 120 cm³/mol. The molecule has 8 heteroatoms. The van der Waals surface area contributed by atoms with Gasteiger partial charge in [0.2, 0.25) is 17.7 Å². The standard InChI is InChI=1S/C23H23ClN4O3/c24-17-5-7-18(8-6-17)28-14-16(12-22(28)30)23(31)26-10-9-25-21(29)11-15-13-27-20-4-2-1-3-19(15)20/h1-8,13,16,27H,9-12,14H2,(H,25,29)(H,26,31)/t16-/m1/s1. The van der Waals surface area contributed by atoms with Crippen molar-refractivity contribution in [2.24, 2.45) is 5.92 Å². The Morgan fingerprint density at radius 3 is 2.61 bits per heavy atom. The topological polar surface area (TPSA) is 94.3 Å². The second-order valence-corrected chi connectivity index (χ2v) is 8.00. The molecule has 1 saturated heterocycles. The highest BCUT2D eigenvalue weighted by Gasteiger charge is 2.34. The van der Waals surface area contributed by atoms with E-state index in [0.29, 0.717) is 24.7 Å². The van der Waals surface area contributed by atoms with Gasteiger partial charge in [-0.1, -0.05) is 29.8 Å². The number of carbonyl (C=O) groups excluding carboxylic acids is 3. The number of carbonyl (C=O) groups is 3. The van der Waals surface area contributed by atoms with E-state index in [0.717, 1.165) is 22.2 Å². The molecule has 3 N–H and O–H groups in total. The van der Waals surface area contributed by atoms with E-state index in [9.17, 15) is 14.4 Å². The normalized spacial score (nSPS) is 16.0. The van der Waals surface area contributed by atoms with Crippen molar-refractivity contribution in [3.05, 3.63) is 65.3 Å². The lowest BCUT2D eigenvalue weighted by Gasteiger charge is -2.16. The van der Waals surface area contributed by atoms with E-state index in [1.807, 2.05) is 30.5 Å². The van der Waals surface area contributed by atoms with Gasteiger partial charge >= 0.3 is 0 Å². The van der Waals surface area contributed by atoms with Crippen LogP contribution in [0.4, 0.5) is 5.69 Å². The number of H-pyrrole nitrogens is 1. The van der Waals surface area contributed by atoms with Crippen LogP contribution in [-0.4, -0.2) is 42.3 Å². The predicted octanol–water partition coefficient (Wildman–Crippen LogP) is 2.65. The average Bonchev–Trinajstić information content (AvgIpc) is 3.35. The number of hydrogen-bond acceptors (Lipinski definition) is 3. The molecule has 0 spiro atoms. The second-order valence-electron chi connectivity index (χ2n) is 7.56. The molecular weight excluding hydrogens is 416 g/mol. The zero-order chi connectivity index (χ0) is 21.8. The molecule has 1 aliphatic rings. The molecule has 3 aromatic rings. The molecular formula is C23H23ClN4O3. The van der Waals surface area contributed by atoms with Crippen molar-refractivity contribution in [2.75, 3.05) is 24.5 Å². The van der Waals surface area contributed by atoms with Gasteiger partial charge < -0.3 is 20.5 Å². The van der Waals surface area contributed by atoms with Gasteiger partial charge in [-0.05, 0) is 35.9 Å². The Kier molecular flexibility index (Phi) is 6.23. The summed E-state index contributed by atoms with van der Waals surface area (Å²) in [6, 6.07) is 14.8. The van der Waals surface area contributed by atoms with Gasteiger partial charge in [-0.25, -0.2) is 0 Å². The van der Waals surface area contributed by atoms with Crippen LogP contribution in [0.3, 0.4) is 0 Å². The van der Waals surface area contributed by atoms with E-state index in [4.69, 9.17) is 11.6 Å². The average molecular weight is 439 g/mol. The SMILES string of the molecule is O=C(Cc1c[nH]c2ccccc12)NCCNC(=O)[C@@H]1CC(=O)N(c2ccc(Cl)cc2)C1. The number of para-hydroxylation sites is 1. The molecule has 2 heterocycles. The monoisotopic (exact) mass is 438 g/mol. The van der Waals surface area contributed by atoms with Gasteiger partial charge in [0.05, 0.1) is 12.3 Å². The first-order valence-electron chi connectivity index (χ1n) is 10.2. The number of aromatic nitrogens is 1. The molecule has 31 heavy (non-hydrogen) atoms. The van der Waals surface area contributed by atoms with Crippen LogP contribution >= 0.6 is 11.6 Å². The number of hydrogen-bond donors (Lipinski definition) is 3. The van der Waals surface area contributed by atoms with Crippen LogP contribution in [0, 0.1) is 5.92 Å². The minimum absolute atomic E-state index is 0.0884. The molecule has 0 saturated carbocycles. The van der Waals surface area contributed by atoms with Crippen LogP contribution in [0.2, 0.25) is 5.02 Å². The number of halogens is 1. The van der Waals surface area contributed by atoms with Crippen molar-refractivity contribution in [1.29, 1.82) is 0 Å². The maximum Gasteiger partial charge on any atom is 0.227 e. The second kappa shape index (κ2) is 9.22. The van der Waals surface area contributed by atoms with E-state index in [-0.39, 0.29) is 30.6 Å². The lowest BCUT2D eigenvalue weighted by atomic mass is 10.1. The summed E-state index contributed by atoms with van der Waals surface area (Å²) in [5, 5.41) is 7.26. The van der Waals surface area contributed by atoms with Crippen molar-refractivity contribution < 1.29 is 14.4 Å². The molecule has 1 aliphatic heterocycles. The summed E-state index contributed by atoms with van der Waals surface area (Å²) in [4.78, 5) is 41.7. The molecule has 1 aromatic heterocycles. The Bertz CT molecular complexity index is 1110. The molecule has 160 valence electrons. The quantitative estimate of drug-likeness (QED) is 0.495. The highest BCUT2D eigenvalue weighted by molar-refractivity contribution is 6.30. The van der Waals surface area contributed by atoms with Gasteiger partial charge in [0, 0.05) is 53.9 Å². The van der Waals surface area contributed by atoms with Gasteiger partial charge in [0.15, 0.2) is 0 Å². The van der Waals surface area contributed by atoms with Crippen molar-refractivity contribution in [3.63, 3.8) is 0 Å². The van der Waals surface area contributed by atoms with Crippen LogP contribution in [0.25, 0.3) is 10.9 Å². The number of anilines is 1. The largest absolute Gasteiger partial charge is 0.361 e. The summed E-state index contributed by atoms with van der Waals surface area (Å²) in [6.07, 6.45) is 2.28. The first kappa shape index (κ1) is 20.9. The number of rotatable bonds is 7. The first-order valence-corrected chi connectivity index (χ1v) is 10.5. The molecule has 0 aliphatic carbocycles. The highest BCUT2D eigenvalue weighted by atomic mass is 35.5. The number of amides is 3.